The van der Waals surface area contributed by atoms with Gasteiger partial charge in [0, 0.05) is 24.2 Å². The van der Waals surface area contributed by atoms with E-state index < -0.39 is 0 Å². The van der Waals surface area contributed by atoms with E-state index in [4.69, 9.17) is 0 Å². The molecule has 5 atom stereocenters. The maximum atomic E-state index is 4.62. The molecule has 4 rings (SSSR count). The molecule has 2 aliphatic heterocycles. The van der Waals surface area contributed by atoms with E-state index in [0.717, 1.165) is 24.1 Å². The molecule has 0 amide bonds. The topological polar surface area (TPSA) is 53.1 Å². The number of nitrogens with one attached hydrogen (secondary N) is 2. The van der Waals surface area contributed by atoms with Crippen molar-refractivity contribution >= 4 is 11.6 Å². The van der Waals surface area contributed by atoms with Crippen molar-refractivity contribution in [3.05, 3.63) is 24.0 Å². The Morgan fingerprint density at radius 1 is 1.24 bits per heavy atom. The van der Waals surface area contributed by atoms with Gasteiger partial charge < -0.3 is 10.2 Å². The van der Waals surface area contributed by atoms with E-state index >= 15 is 0 Å². The first-order valence-corrected chi connectivity index (χ1v) is 9.89. The standard InChI is InChI=1S/C20H31N5/c1-4-5-15-10-13(2)6-8-17(15)24-19-14(3)20(22-12-21-19)25-11-16-7-9-18(25)23-16/h4-5,12-13,15-18,23H,6-11H2,1-3H3,(H,21,22,24). The van der Waals surface area contributed by atoms with Gasteiger partial charge in [-0.05, 0) is 57.8 Å². The molecule has 1 aliphatic carbocycles. The normalized spacial score (nSPS) is 34.8. The van der Waals surface area contributed by atoms with Crippen molar-refractivity contribution in [3.8, 4) is 0 Å². The maximum absolute atomic E-state index is 4.62. The molecule has 1 aromatic heterocycles. The first kappa shape index (κ1) is 16.8. The minimum atomic E-state index is 0.456. The van der Waals surface area contributed by atoms with Crippen LogP contribution in [0.2, 0.25) is 0 Å². The molecule has 5 unspecified atom stereocenters. The Hall–Kier alpha value is -1.62. The lowest BCUT2D eigenvalue weighted by atomic mass is 9.78. The van der Waals surface area contributed by atoms with Crippen molar-refractivity contribution < 1.29 is 0 Å². The summed E-state index contributed by atoms with van der Waals surface area (Å²) in [6.45, 7) is 7.74. The number of fused-ring (bicyclic) bond motifs is 2. The molecule has 5 heteroatoms. The summed E-state index contributed by atoms with van der Waals surface area (Å²) in [5.41, 5.74) is 1.19. The zero-order chi connectivity index (χ0) is 17.4. The number of nitrogens with zero attached hydrogens (tertiary/aromatic N) is 3. The zero-order valence-electron chi connectivity index (χ0n) is 15.7. The molecule has 1 saturated carbocycles. The van der Waals surface area contributed by atoms with Gasteiger partial charge in [0.1, 0.15) is 18.0 Å². The summed E-state index contributed by atoms with van der Waals surface area (Å²) in [7, 11) is 0. The average Bonchev–Trinajstić information content (AvgIpc) is 3.22. The van der Waals surface area contributed by atoms with Crippen LogP contribution in [0.3, 0.4) is 0 Å². The Bertz CT molecular complexity index is 643. The van der Waals surface area contributed by atoms with Gasteiger partial charge in [0.2, 0.25) is 0 Å². The van der Waals surface area contributed by atoms with E-state index in [9.17, 15) is 0 Å². The molecule has 2 saturated heterocycles. The summed E-state index contributed by atoms with van der Waals surface area (Å²) in [6, 6.07) is 1.11. The predicted octanol–water partition coefficient (Wildman–Crippen LogP) is 3.48. The van der Waals surface area contributed by atoms with Crippen molar-refractivity contribution in [2.75, 3.05) is 16.8 Å². The lowest BCUT2D eigenvalue weighted by Crippen LogP contribution is -2.37. The number of rotatable bonds is 4. The van der Waals surface area contributed by atoms with Crippen molar-refractivity contribution in [1.82, 2.24) is 15.3 Å². The average molecular weight is 342 g/mol. The maximum Gasteiger partial charge on any atom is 0.138 e. The zero-order valence-corrected chi connectivity index (χ0v) is 15.7. The lowest BCUT2D eigenvalue weighted by molar-refractivity contribution is 0.300. The molecular formula is C20H31N5. The number of hydrogen-bond donors (Lipinski definition) is 2. The molecule has 25 heavy (non-hydrogen) atoms. The minimum absolute atomic E-state index is 0.456. The molecule has 1 aromatic rings. The Morgan fingerprint density at radius 2 is 2.12 bits per heavy atom. The van der Waals surface area contributed by atoms with Gasteiger partial charge in [0.15, 0.2) is 0 Å². The van der Waals surface area contributed by atoms with E-state index in [0.29, 0.717) is 24.2 Å². The summed E-state index contributed by atoms with van der Waals surface area (Å²) in [5, 5.41) is 7.43. The van der Waals surface area contributed by atoms with Gasteiger partial charge in [0.25, 0.3) is 0 Å². The van der Waals surface area contributed by atoms with Gasteiger partial charge in [-0.3, -0.25) is 5.32 Å². The molecule has 3 heterocycles. The number of anilines is 2. The fourth-order valence-corrected chi connectivity index (χ4v) is 4.90. The fraction of sp³-hybridized carbons (Fsp3) is 0.700. The summed E-state index contributed by atoms with van der Waals surface area (Å²) in [4.78, 5) is 11.6. The lowest BCUT2D eigenvalue weighted by Gasteiger charge is -2.35. The molecule has 5 nitrogen and oxygen atoms in total. The smallest absolute Gasteiger partial charge is 0.138 e. The molecule has 136 valence electrons. The van der Waals surface area contributed by atoms with E-state index in [2.05, 4.69) is 58.4 Å². The Balaban J connectivity index is 1.53. The van der Waals surface area contributed by atoms with Crippen LogP contribution in [0, 0.1) is 18.8 Å². The van der Waals surface area contributed by atoms with Crippen LogP contribution in [-0.2, 0) is 0 Å². The van der Waals surface area contributed by atoms with Crippen LogP contribution >= 0.6 is 0 Å². The molecule has 3 aliphatic rings. The molecule has 0 spiro atoms. The second kappa shape index (κ2) is 6.94. The first-order chi connectivity index (χ1) is 12.2. The SMILES string of the molecule is CC=CC1CC(C)CCC1Nc1ncnc(N2CC3CCC2N3)c1C. The van der Waals surface area contributed by atoms with E-state index in [1.54, 1.807) is 6.33 Å². The van der Waals surface area contributed by atoms with Gasteiger partial charge in [-0.2, -0.15) is 0 Å². The van der Waals surface area contributed by atoms with Gasteiger partial charge >= 0.3 is 0 Å². The molecule has 0 radical (unpaired) electrons. The van der Waals surface area contributed by atoms with Crippen molar-refractivity contribution in [3.63, 3.8) is 0 Å². The van der Waals surface area contributed by atoms with Crippen LogP contribution in [0.4, 0.5) is 11.6 Å². The first-order valence-electron chi connectivity index (χ1n) is 9.89. The van der Waals surface area contributed by atoms with Gasteiger partial charge in [0.05, 0.1) is 6.17 Å². The van der Waals surface area contributed by atoms with Crippen LogP contribution in [0.1, 0.15) is 51.5 Å². The van der Waals surface area contributed by atoms with Gasteiger partial charge in [-0.15, -0.1) is 0 Å². The van der Waals surface area contributed by atoms with Gasteiger partial charge in [-0.25, -0.2) is 9.97 Å². The van der Waals surface area contributed by atoms with Crippen LogP contribution < -0.4 is 15.5 Å². The van der Waals surface area contributed by atoms with Crippen molar-refractivity contribution in [2.45, 2.75) is 71.1 Å². The highest BCUT2D eigenvalue weighted by atomic mass is 15.4. The number of piperidine rings is 1. The van der Waals surface area contributed by atoms with Crippen LogP contribution in [-0.4, -0.2) is 34.8 Å². The highest BCUT2D eigenvalue weighted by molar-refractivity contribution is 5.59. The van der Waals surface area contributed by atoms with E-state index in [-0.39, 0.29) is 0 Å². The molecular weight excluding hydrogens is 310 g/mol. The third-order valence-corrected chi connectivity index (χ3v) is 6.26. The van der Waals surface area contributed by atoms with Crippen LogP contribution in [0.15, 0.2) is 18.5 Å². The number of aromatic nitrogens is 2. The Kier molecular flexibility index (Phi) is 4.67. The largest absolute Gasteiger partial charge is 0.366 e. The second-order valence-corrected chi connectivity index (χ2v) is 8.14. The Labute approximate surface area is 151 Å². The number of hydrogen-bond acceptors (Lipinski definition) is 5. The minimum Gasteiger partial charge on any atom is -0.366 e. The third-order valence-electron chi connectivity index (χ3n) is 6.26. The summed E-state index contributed by atoms with van der Waals surface area (Å²) in [5.74, 6) is 3.52. The molecule has 0 aromatic carbocycles. The van der Waals surface area contributed by atoms with Crippen LogP contribution in [0.25, 0.3) is 0 Å². The summed E-state index contributed by atoms with van der Waals surface area (Å²) < 4.78 is 0. The van der Waals surface area contributed by atoms with Gasteiger partial charge in [-0.1, -0.05) is 19.1 Å². The number of allylic oxidation sites excluding steroid dienone is 1. The van der Waals surface area contributed by atoms with Crippen LogP contribution in [0.5, 0.6) is 0 Å². The second-order valence-electron chi connectivity index (χ2n) is 8.14. The fourth-order valence-electron chi connectivity index (χ4n) is 4.90. The predicted molar refractivity (Wildman–Crippen MR) is 103 cm³/mol. The highest BCUT2D eigenvalue weighted by Crippen LogP contribution is 2.35. The monoisotopic (exact) mass is 341 g/mol. The highest BCUT2D eigenvalue weighted by Gasteiger charge is 2.38. The van der Waals surface area contributed by atoms with Crippen molar-refractivity contribution in [2.24, 2.45) is 11.8 Å². The summed E-state index contributed by atoms with van der Waals surface area (Å²) >= 11 is 0. The molecule has 2 bridgehead atoms. The molecule has 2 N–H and O–H groups in total. The quantitative estimate of drug-likeness (QED) is 0.821. The Morgan fingerprint density at radius 3 is 2.84 bits per heavy atom. The molecule has 3 fully saturated rings. The third kappa shape index (κ3) is 3.26. The van der Waals surface area contributed by atoms with E-state index in [1.807, 2.05) is 0 Å². The summed E-state index contributed by atoms with van der Waals surface area (Å²) in [6.07, 6.45) is 13.0. The van der Waals surface area contributed by atoms with E-state index in [1.165, 1.54) is 37.7 Å². The van der Waals surface area contributed by atoms with Crippen molar-refractivity contribution in [1.29, 1.82) is 0 Å².